The Morgan fingerprint density at radius 2 is 1.63 bits per heavy atom. The van der Waals surface area contributed by atoms with Crippen molar-refractivity contribution in [3.63, 3.8) is 0 Å². The first kappa shape index (κ1) is 17.1. The third-order valence-electron chi connectivity index (χ3n) is 4.16. The molecule has 27 heavy (non-hydrogen) atoms. The summed E-state index contributed by atoms with van der Waals surface area (Å²) in [6.45, 7) is 0. The predicted molar refractivity (Wildman–Crippen MR) is 107 cm³/mol. The summed E-state index contributed by atoms with van der Waals surface area (Å²) in [6, 6.07) is 22.4. The van der Waals surface area contributed by atoms with Crippen molar-refractivity contribution in [2.24, 2.45) is 0 Å². The Kier molecular flexibility index (Phi) is 4.48. The van der Waals surface area contributed by atoms with E-state index in [1.54, 1.807) is 54.6 Å². The van der Waals surface area contributed by atoms with E-state index in [0.717, 1.165) is 0 Å². The number of fused-ring (bicyclic) bond motifs is 1. The van der Waals surface area contributed by atoms with Crippen molar-refractivity contribution in [2.45, 2.75) is 0 Å². The van der Waals surface area contributed by atoms with E-state index >= 15 is 0 Å². The van der Waals surface area contributed by atoms with E-state index in [9.17, 15) is 9.59 Å². The molecule has 0 atom stereocenters. The number of nitrogens with one attached hydrogen (secondary N) is 1. The molecule has 0 aliphatic carbocycles. The molecule has 0 saturated carbocycles. The van der Waals surface area contributed by atoms with Crippen molar-refractivity contribution in [3.05, 3.63) is 99.7 Å². The zero-order valence-corrected chi connectivity index (χ0v) is 14.9. The minimum Gasteiger partial charge on any atom is -0.456 e. The van der Waals surface area contributed by atoms with Gasteiger partial charge in [0.25, 0.3) is 5.91 Å². The lowest BCUT2D eigenvalue weighted by Gasteiger charge is -2.08. The quantitative estimate of drug-likeness (QED) is 0.524. The zero-order chi connectivity index (χ0) is 18.8. The van der Waals surface area contributed by atoms with Crippen molar-refractivity contribution in [2.75, 3.05) is 5.32 Å². The van der Waals surface area contributed by atoms with E-state index in [-0.39, 0.29) is 11.3 Å². The highest BCUT2D eigenvalue weighted by Crippen LogP contribution is 2.29. The van der Waals surface area contributed by atoms with Crippen LogP contribution in [0, 0.1) is 0 Å². The zero-order valence-electron chi connectivity index (χ0n) is 14.1. The molecular weight excluding hydrogens is 362 g/mol. The average Bonchev–Trinajstić information content (AvgIpc) is 2.69. The molecule has 1 amide bonds. The van der Waals surface area contributed by atoms with Crippen molar-refractivity contribution in [1.82, 2.24) is 0 Å². The van der Waals surface area contributed by atoms with Gasteiger partial charge in [-0.2, -0.15) is 0 Å². The molecule has 132 valence electrons. The van der Waals surface area contributed by atoms with E-state index in [4.69, 9.17) is 16.0 Å². The van der Waals surface area contributed by atoms with Gasteiger partial charge in [-0.15, -0.1) is 0 Å². The second kappa shape index (κ2) is 7.09. The largest absolute Gasteiger partial charge is 0.456 e. The summed E-state index contributed by atoms with van der Waals surface area (Å²) in [7, 11) is 0. The Labute approximate surface area is 160 Å². The van der Waals surface area contributed by atoms with Crippen molar-refractivity contribution < 1.29 is 9.21 Å². The molecule has 4 nitrogen and oxygen atoms in total. The monoisotopic (exact) mass is 375 g/mol. The van der Waals surface area contributed by atoms with Gasteiger partial charge in [-0.05, 0) is 42.5 Å². The fraction of sp³-hybridized carbons (Fsp3) is 0. The lowest BCUT2D eigenvalue weighted by Crippen LogP contribution is -2.12. The highest BCUT2D eigenvalue weighted by Gasteiger charge is 2.11. The molecule has 0 radical (unpaired) electrons. The van der Waals surface area contributed by atoms with Gasteiger partial charge < -0.3 is 9.73 Å². The van der Waals surface area contributed by atoms with E-state index < -0.39 is 0 Å². The first-order valence-electron chi connectivity index (χ1n) is 8.31. The van der Waals surface area contributed by atoms with E-state index in [1.165, 1.54) is 6.07 Å². The van der Waals surface area contributed by atoms with Crippen LogP contribution in [0.1, 0.15) is 10.4 Å². The Morgan fingerprint density at radius 3 is 2.41 bits per heavy atom. The summed E-state index contributed by atoms with van der Waals surface area (Å²) >= 11 is 6.19. The molecule has 0 aliphatic heterocycles. The average molecular weight is 376 g/mol. The summed E-state index contributed by atoms with van der Waals surface area (Å²) in [6.07, 6.45) is 0. The highest BCUT2D eigenvalue weighted by molar-refractivity contribution is 6.33. The van der Waals surface area contributed by atoms with Crippen LogP contribution in [0.2, 0.25) is 5.02 Å². The second-order valence-electron chi connectivity index (χ2n) is 5.99. The van der Waals surface area contributed by atoms with Gasteiger partial charge in [-0.3, -0.25) is 9.59 Å². The number of carbonyl (C=O) groups is 1. The van der Waals surface area contributed by atoms with Gasteiger partial charge in [-0.1, -0.05) is 41.9 Å². The number of hydrogen-bond acceptors (Lipinski definition) is 3. The first-order chi connectivity index (χ1) is 13.1. The fourth-order valence-electron chi connectivity index (χ4n) is 2.82. The summed E-state index contributed by atoms with van der Waals surface area (Å²) < 4.78 is 5.86. The van der Waals surface area contributed by atoms with Crippen LogP contribution in [-0.2, 0) is 0 Å². The summed E-state index contributed by atoms with van der Waals surface area (Å²) in [5.41, 5.74) is 1.93. The lowest BCUT2D eigenvalue weighted by atomic mass is 10.1. The minimum absolute atomic E-state index is 0.207. The van der Waals surface area contributed by atoms with E-state index in [2.05, 4.69) is 5.32 Å². The van der Waals surface area contributed by atoms with Crippen molar-refractivity contribution in [3.8, 4) is 11.3 Å². The van der Waals surface area contributed by atoms with Crippen LogP contribution in [0.4, 0.5) is 5.69 Å². The molecule has 0 saturated heterocycles. The summed E-state index contributed by atoms with van der Waals surface area (Å²) in [5, 5.41) is 3.68. The third-order valence-corrected chi connectivity index (χ3v) is 4.49. The topological polar surface area (TPSA) is 59.3 Å². The van der Waals surface area contributed by atoms with Crippen LogP contribution in [0.5, 0.6) is 0 Å². The number of benzene rings is 3. The molecule has 4 aromatic rings. The molecule has 0 spiro atoms. The lowest BCUT2D eigenvalue weighted by molar-refractivity contribution is 0.102. The number of carbonyl (C=O) groups excluding carboxylic acids is 1. The van der Waals surface area contributed by atoms with Crippen LogP contribution in [-0.4, -0.2) is 5.91 Å². The Morgan fingerprint density at radius 1 is 0.889 bits per heavy atom. The molecule has 5 heteroatoms. The summed E-state index contributed by atoms with van der Waals surface area (Å²) in [5.74, 6) is 0.159. The normalized spacial score (nSPS) is 10.7. The van der Waals surface area contributed by atoms with Crippen LogP contribution in [0.3, 0.4) is 0 Å². The highest BCUT2D eigenvalue weighted by atomic mass is 35.5. The number of anilines is 1. The van der Waals surface area contributed by atoms with Gasteiger partial charge in [-0.25, -0.2) is 0 Å². The number of rotatable bonds is 3. The second-order valence-corrected chi connectivity index (χ2v) is 6.39. The molecule has 3 aromatic carbocycles. The molecule has 0 aliphatic rings. The molecular formula is C22H14ClNO3. The maximum Gasteiger partial charge on any atom is 0.255 e. The van der Waals surface area contributed by atoms with Crippen LogP contribution >= 0.6 is 11.6 Å². The minimum atomic E-state index is -0.243. The van der Waals surface area contributed by atoms with Crippen LogP contribution < -0.4 is 10.7 Å². The van der Waals surface area contributed by atoms with Gasteiger partial charge in [0.05, 0.1) is 10.4 Å². The maximum absolute atomic E-state index is 12.6. The first-order valence-corrected chi connectivity index (χ1v) is 8.69. The van der Waals surface area contributed by atoms with Crippen LogP contribution in [0.15, 0.2) is 88.1 Å². The van der Waals surface area contributed by atoms with Gasteiger partial charge in [0.1, 0.15) is 11.3 Å². The molecule has 0 bridgehead atoms. The van der Waals surface area contributed by atoms with Gasteiger partial charge in [0.2, 0.25) is 0 Å². The number of halogens is 1. The molecule has 0 fully saturated rings. The van der Waals surface area contributed by atoms with Gasteiger partial charge in [0, 0.05) is 22.9 Å². The SMILES string of the molecule is O=C(Nc1ccc2oc(-c3ccccc3Cl)cc(=O)c2c1)c1ccccc1. The molecule has 1 aromatic heterocycles. The summed E-state index contributed by atoms with van der Waals surface area (Å²) in [4.78, 5) is 24.9. The Bertz CT molecular complexity index is 1200. The number of amides is 1. The molecule has 1 heterocycles. The maximum atomic E-state index is 12.6. The standard InChI is InChI=1S/C22H14ClNO3/c23-18-9-5-4-8-16(18)21-13-19(25)17-12-15(10-11-20(17)27-21)24-22(26)14-6-2-1-3-7-14/h1-13H,(H,24,26). The smallest absolute Gasteiger partial charge is 0.255 e. The predicted octanol–water partition coefficient (Wildman–Crippen LogP) is 5.37. The van der Waals surface area contributed by atoms with Crippen molar-refractivity contribution in [1.29, 1.82) is 0 Å². The molecule has 4 rings (SSSR count). The number of hydrogen-bond donors (Lipinski definition) is 1. The van der Waals surface area contributed by atoms with Crippen molar-refractivity contribution >= 4 is 34.2 Å². The van der Waals surface area contributed by atoms with E-state index in [1.807, 2.05) is 18.2 Å². The Hall–Kier alpha value is -3.37. The Balaban J connectivity index is 1.71. The van der Waals surface area contributed by atoms with Gasteiger partial charge >= 0.3 is 0 Å². The fourth-order valence-corrected chi connectivity index (χ4v) is 3.05. The molecule has 1 N–H and O–H groups in total. The third kappa shape index (κ3) is 3.48. The molecule has 0 unspecified atom stereocenters. The van der Waals surface area contributed by atoms with E-state index in [0.29, 0.717) is 38.6 Å². The van der Waals surface area contributed by atoms with Crippen LogP contribution in [0.25, 0.3) is 22.3 Å². The van der Waals surface area contributed by atoms with Gasteiger partial charge in [0.15, 0.2) is 5.43 Å².